The van der Waals surface area contributed by atoms with Crippen LogP contribution >= 0.6 is 0 Å². The monoisotopic (exact) mass is 290 g/mol. The summed E-state index contributed by atoms with van der Waals surface area (Å²) in [4.78, 5) is 2.50. The Morgan fingerprint density at radius 3 is 2.76 bits per heavy atom. The highest BCUT2D eigenvalue weighted by Crippen LogP contribution is 2.20. The maximum absolute atomic E-state index is 6.15. The van der Waals surface area contributed by atoms with E-state index in [2.05, 4.69) is 61.3 Å². The SMILES string of the molecule is CCNCC(C)(C)COC1CCN(Cc2ccccc2)C1. The van der Waals surface area contributed by atoms with Gasteiger partial charge < -0.3 is 10.1 Å². The van der Waals surface area contributed by atoms with E-state index in [1.54, 1.807) is 0 Å². The van der Waals surface area contributed by atoms with E-state index >= 15 is 0 Å². The van der Waals surface area contributed by atoms with Crippen molar-refractivity contribution in [3.05, 3.63) is 35.9 Å². The summed E-state index contributed by atoms with van der Waals surface area (Å²) in [6.07, 6.45) is 1.55. The molecule has 0 bridgehead atoms. The first-order valence-electron chi connectivity index (χ1n) is 8.18. The average Bonchev–Trinajstić information content (AvgIpc) is 2.92. The van der Waals surface area contributed by atoms with Gasteiger partial charge in [0.05, 0.1) is 12.7 Å². The Balaban J connectivity index is 1.70. The molecule has 1 unspecified atom stereocenters. The Morgan fingerprint density at radius 2 is 2.05 bits per heavy atom. The molecule has 0 radical (unpaired) electrons. The molecule has 0 amide bonds. The molecule has 1 fully saturated rings. The molecule has 1 saturated heterocycles. The molecule has 1 aromatic carbocycles. The molecule has 118 valence electrons. The normalized spacial score (nSPS) is 20.0. The summed E-state index contributed by atoms with van der Waals surface area (Å²) >= 11 is 0. The average molecular weight is 290 g/mol. The predicted molar refractivity (Wildman–Crippen MR) is 88.4 cm³/mol. The van der Waals surface area contributed by atoms with Gasteiger partial charge in [-0.25, -0.2) is 0 Å². The number of benzene rings is 1. The van der Waals surface area contributed by atoms with Crippen LogP contribution in [0.2, 0.25) is 0 Å². The third kappa shape index (κ3) is 5.77. The molecule has 0 aromatic heterocycles. The molecule has 0 saturated carbocycles. The highest BCUT2D eigenvalue weighted by atomic mass is 16.5. The van der Waals surface area contributed by atoms with Crippen molar-refractivity contribution in [1.29, 1.82) is 0 Å². The first-order valence-corrected chi connectivity index (χ1v) is 8.18. The van der Waals surface area contributed by atoms with E-state index in [1.807, 2.05) is 0 Å². The zero-order valence-electron chi connectivity index (χ0n) is 13.8. The van der Waals surface area contributed by atoms with E-state index < -0.39 is 0 Å². The Hall–Kier alpha value is -0.900. The molecule has 0 spiro atoms. The van der Waals surface area contributed by atoms with Gasteiger partial charge in [-0.1, -0.05) is 51.1 Å². The second-order valence-electron chi connectivity index (χ2n) is 6.89. The van der Waals surface area contributed by atoms with E-state index in [9.17, 15) is 0 Å². The standard InChI is InChI=1S/C18H30N2O/c1-4-19-14-18(2,3)15-21-17-10-11-20(13-17)12-16-8-6-5-7-9-16/h5-9,17,19H,4,10-15H2,1-3H3. The van der Waals surface area contributed by atoms with Gasteiger partial charge in [-0.05, 0) is 18.5 Å². The number of ether oxygens (including phenoxy) is 1. The van der Waals surface area contributed by atoms with Crippen LogP contribution in [0.5, 0.6) is 0 Å². The van der Waals surface area contributed by atoms with Crippen LogP contribution in [0.25, 0.3) is 0 Å². The summed E-state index contributed by atoms with van der Waals surface area (Å²) in [5.41, 5.74) is 1.61. The molecule has 3 heteroatoms. The number of nitrogens with zero attached hydrogens (tertiary/aromatic N) is 1. The minimum absolute atomic E-state index is 0.211. The maximum Gasteiger partial charge on any atom is 0.0714 e. The Bertz CT molecular complexity index is 405. The van der Waals surface area contributed by atoms with Crippen molar-refractivity contribution in [3.63, 3.8) is 0 Å². The molecule has 2 rings (SSSR count). The van der Waals surface area contributed by atoms with Crippen molar-refractivity contribution in [2.45, 2.75) is 39.8 Å². The summed E-state index contributed by atoms with van der Waals surface area (Å²) in [7, 11) is 0. The number of nitrogens with one attached hydrogen (secondary N) is 1. The summed E-state index contributed by atoms with van der Waals surface area (Å²) < 4.78 is 6.15. The smallest absolute Gasteiger partial charge is 0.0714 e. The van der Waals surface area contributed by atoms with E-state index in [-0.39, 0.29) is 5.41 Å². The lowest BCUT2D eigenvalue weighted by Gasteiger charge is -2.26. The zero-order valence-corrected chi connectivity index (χ0v) is 13.8. The molecule has 3 nitrogen and oxygen atoms in total. The van der Waals surface area contributed by atoms with E-state index in [1.165, 1.54) is 5.56 Å². The highest BCUT2D eigenvalue weighted by molar-refractivity contribution is 5.14. The van der Waals surface area contributed by atoms with Crippen molar-refractivity contribution in [3.8, 4) is 0 Å². The maximum atomic E-state index is 6.15. The van der Waals surface area contributed by atoms with Gasteiger partial charge in [0.1, 0.15) is 0 Å². The second kappa shape index (κ2) is 7.92. The number of rotatable bonds is 8. The molecule has 1 heterocycles. The number of hydrogen-bond donors (Lipinski definition) is 1. The van der Waals surface area contributed by atoms with E-state index in [0.29, 0.717) is 6.10 Å². The third-order valence-corrected chi connectivity index (χ3v) is 4.04. The first kappa shape index (κ1) is 16.5. The van der Waals surface area contributed by atoms with Crippen molar-refractivity contribution in [2.75, 3.05) is 32.8 Å². The van der Waals surface area contributed by atoms with Gasteiger partial charge in [0.2, 0.25) is 0 Å². The first-order chi connectivity index (χ1) is 10.1. The molecular formula is C18H30N2O. The lowest BCUT2D eigenvalue weighted by atomic mass is 9.95. The van der Waals surface area contributed by atoms with Crippen LogP contribution < -0.4 is 5.32 Å². The molecule has 1 atom stereocenters. The Labute approximate surface area is 129 Å². The van der Waals surface area contributed by atoms with Crippen LogP contribution in [0, 0.1) is 5.41 Å². The van der Waals surface area contributed by atoms with Crippen molar-refractivity contribution >= 4 is 0 Å². The molecule has 21 heavy (non-hydrogen) atoms. The quantitative estimate of drug-likeness (QED) is 0.797. The van der Waals surface area contributed by atoms with Gasteiger partial charge in [0.25, 0.3) is 0 Å². The van der Waals surface area contributed by atoms with Gasteiger partial charge in [0, 0.05) is 31.6 Å². The summed E-state index contributed by atoms with van der Waals surface area (Å²) in [5.74, 6) is 0. The molecule has 1 aliphatic rings. The molecule has 1 N–H and O–H groups in total. The van der Waals surface area contributed by atoms with Crippen molar-refractivity contribution in [2.24, 2.45) is 5.41 Å². The van der Waals surface area contributed by atoms with E-state index in [0.717, 1.165) is 45.8 Å². The minimum atomic E-state index is 0.211. The van der Waals surface area contributed by atoms with Gasteiger partial charge in [-0.2, -0.15) is 0 Å². The third-order valence-electron chi connectivity index (χ3n) is 4.04. The fraction of sp³-hybridized carbons (Fsp3) is 0.667. The molecule has 0 aliphatic carbocycles. The predicted octanol–water partition coefficient (Wildman–Crippen LogP) is 2.91. The van der Waals surface area contributed by atoms with E-state index in [4.69, 9.17) is 4.74 Å². The molecular weight excluding hydrogens is 260 g/mol. The fourth-order valence-electron chi connectivity index (χ4n) is 2.78. The summed E-state index contributed by atoms with van der Waals surface area (Å²) in [6.45, 7) is 12.8. The van der Waals surface area contributed by atoms with Crippen LogP contribution in [0.3, 0.4) is 0 Å². The van der Waals surface area contributed by atoms with Crippen LogP contribution in [0.1, 0.15) is 32.8 Å². The lowest BCUT2D eigenvalue weighted by molar-refractivity contribution is 0.00811. The van der Waals surface area contributed by atoms with Crippen LogP contribution in [-0.4, -0.2) is 43.8 Å². The summed E-state index contributed by atoms with van der Waals surface area (Å²) in [6, 6.07) is 10.7. The van der Waals surface area contributed by atoms with Gasteiger partial charge in [-0.15, -0.1) is 0 Å². The second-order valence-corrected chi connectivity index (χ2v) is 6.89. The molecule has 1 aromatic rings. The summed E-state index contributed by atoms with van der Waals surface area (Å²) in [5, 5.41) is 3.41. The topological polar surface area (TPSA) is 24.5 Å². The molecule has 1 aliphatic heterocycles. The number of likely N-dealkylation sites (tertiary alicyclic amines) is 1. The van der Waals surface area contributed by atoms with Crippen LogP contribution in [0.4, 0.5) is 0 Å². The van der Waals surface area contributed by atoms with Gasteiger partial charge in [-0.3, -0.25) is 4.90 Å². The lowest BCUT2D eigenvalue weighted by Crippen LogP contribution is -2.35. The van der Waals surface area contributed by atoms with Crippen LogP contribution in [-0.2, 0) is 11.3 Å². The minimum Gasteiger partial charge on any atom is -0.376 e. The Morgan fingerprint density at radius 1 is 1.29 bits per heavy atom. The Kier molecular flexibility index (Phi) is 6.22. The van der Waals surface area contributed by atoms with Crippen molar-refractivity contribution in [1.82, 2.24) is 10.2 Å². The number of hydrogen-bond acceptors (Lipinski definition) is 3. The zero-order chi connectivity index (χ0) is 15.1. The fourth-order valence-corrected chi connectivity index (χ4v) is 2.78. The van der Waals surface area contributed by atoms with Crippen molar-refractivity contribution < 1.29 is 4.74 Å². The van der Waals surface area contributed by atoms with Gasteiger partial charge >= 0.3 is 0 Å². The largest absolute Gasteiger partial charge is 0.376 e. The van der Waals surface area contributed by atoms with Gasteiger partial charge in [0.15, 0.2) is 0 Å². The van der Waals surface area contributed by atoms with Crippen LogP contribution in [0.15, 0.2) is 30.3 Å². The highest BCUT2D eigenvalue weighted by Gasteiger charge is 2.26.